The Morgan fingerprint density at radius 1 is 1.09 bits per heavy atom. The van der Waals surface area contributed by atoms with Gasteiger partial charge in [0, 0.05) is 55.2 Å². The summed E-state index contributed by atoms with van der Waals surface area (Å²) < 4.78 is 31.3. The molecule has 0 saturated carbocycles. The Morgan fingerprint density at radius 3 is 2.30 bits per heavy atom. The van der Waals surface area contributed by atoms with Gasteiger partial charge in [0.05, 0.1) is 28.8 Å². The third kappa shape index (κ3) is 8.94. The lowest BCUT2D eigenvalue weighted by molar-refractivity contribution is -0.384. The number of ketones is 1. The molecule has 53 heavy (non-hydrogen) atoms. The summed E-state index contributed by atoms with van der Waals surface area (Å²) in [7, 11) is 5.34. The number of methoxy groups -OCH3 is 1. The van der Waals surface area contributed by atoms with Crippen molar-refractivity contribution in [1.29, 1.82) is 0 Å². The molecule has 3 heterocycles. The second kappa shape index (κ2) is 16.9. The van der Waals surface area contributed by atoms with Gasteiger partial charge in [-0.2, -0.15) is 0 Å². The average molecular weight is 746 g/mol. The lowest BCUT2D eigenvalue weighted by atomic mass is 9.74. The summed E-state index contributed by atoms with van der Waals surface area (Å²) in [5, 5.41) is 22.6. The summed E-state index contributed by atoms with van der Waals surface area (Å²) in [6.07, 6.45) is -1.28. The van der Waals surface area contributed by atoms with E-state index in [1.54, 1.807) is 46.1 Å². The van der Waals surface area contributed by atoms with Crippen molar-refractivity contribution in [2.24, 2.45) is 17.8 Å². The lowest BCUT2D eigenvalue weighted by Gasteiger charge is -2.47. The number of cyclic esters (lactones) is 1. The van der Waals surface area contributed by atoms with Crippen LogP contribution in [0.25, 0.3) is 0 Å². The van der Waals surface area contributed by atoms with Gasteiger partial charge in [-0.05, 0) is 73.0 Å². The average Bonchev–Trinajstić information content (AvgIpc) is 3.37. The van der Waals surface area contributed by atoms with Crippen LogP contribution in [-0.4, -0.2) is 119 Å². The summed E-state index contributed by atoms with van der Waals surface area (Å²) >= 11 is 0. The predicted octanol–water partition coefficient (Wildman–Crippen LogP) is 5.08. The monoisotopic (exact) mass is 745 g/mol. The molecule has 12 atom stereocenters. The zero-order chi connectivity index (χ0) is 39.6. The Hall–Kier alpha value is -3.43. The van der Waals surface area contributed by atoms with Crippen LogP contribution in [0.5, 0.6) is 0 Å². The Morgan fingerprint density at radius 2 is 1.74 bits per heavy atom. The first-order valence-corrected chi connectivity index (χ1v) is 18.6. The Labute approximate surface area is 313 Å². The molecule has 1 aromatic carbocycles. The van der Waals surface area contributed by atoms with Gasteiger partial charge in [-0.15, -0.1) is 0 Å². The first-order valence-electron chi connectivity index (χ1n) is 18.6. The van der Waals surface area contributed by atoms with Gasteiger partial charge in [0.1, 0.15) is 18.0 Å². The number of aliphatic hydroxyl groups excluding tert-OH is 1. The summed E-state index contributed by atoms with van der Waals surface area (Å²) in [4.78, 5) is 56.3. The molecule has 0 spiro atoms. The van der Waals surface area contributed by atoms with E-state index < -0.39 is 76.6 Å². The Kier molecular flexibility index (Phi) is 13.5. The SMILES string of the molecule is CCC1OC(=O)/C(C)=C/[C@H](C)[C@@H](O[C@@H]2O[C@H](C)C[C@H](N(C)C)[C@H]2O)[C@](C)(OC)C[C@@H](C)C(=O)[C@H](C)[C@H]2N(CCc3ccc([N+](=O)[O-])cc3)C(=O)O[C@]12C. The number of esters is 1. The van der Waals surface area contributed by atoms with Gasteiger partial charge in [0.15, 0.2) is 11.9 Å². The van der Waals surface area contributed by atoms with E-state index in [1.165, 1.54) is 17.0 Å². The van der Waals surface area contributed by atoms with Gasteiger partial charge < -0.3 is 33.7 Å². The van der Waals surface area contributed by atoms with Crippen LogP contribution in [0.4, 0.5) is 10.5 Å². The highest BCUT2D eigenvalue weighted by atomic mass is 16.7. The van der Waals surface area contributed by atoms with Crippen LogP contribution in [0.1, 0.15) is 80.2 Å². The number of amides is 1. The normalized spacial score (nSPS) is 38.4. The number of nitro groups is 1. The van der Waals surface area contributed by atoms with E-state index in [0.29, 0.717) is 24.8 Å². The molecule has 0 bridgehead atoms. The molecular formula is C39H59N3O11. The number of nitro benzene ring substituents is 1. The number of likely N-dealkylation sites (N-methyl/N-ethyl adjacent to an activating group) is 1. The second-order valence-electron chi connectivity index (χ2n) is 15.8. The summed E-state index contributed by atoms with van der Waals surface area (Å²) in [6, 6.07) is 5.05. The third-order valence-electron chi connectivity index (χ3n) is 11.6. The minimum atomic E-state index is -1.38. The Balaban J connectivity index is 1.75. The molecule has 14 heteroatoms. The molecule has 0 radical (unpaired) electrons. The molecule has 0 aliphatic carbocycles. The van der Waals surface area contributed by atoms with Crippen molar-refractivity contribution in [3.8, 4) is 0 Å². The highest BCUT2D eigenvalue weighted by Gasteiger charge is 2.60. The summed E-state index contributed by atoms with van der Waals surface area (Å²) in [5.41, 5.74) is -1.46. The van der Waals surface area contributed by atoms with Crippen molar-refractivity contribution in [2.45, 2.75) is 135 Å². The molecule has 1 N–H and O–H groups in total. The van der Waals surface area contributed by atoms with Crippen molar-refractivity contribution in [3.63, 3.8) is 0 Å². The Bertz CT molecular complexity index is 1520. The lowest BCUT2D eigenvalue weighted by Crippen LogP contribution is -2.59. The van der Waals surface area contributed by atoms with Gasteiger partial charge in [-0.25, -0.2) is 9.59 Å². The van der Waals surface area contributed by atoms with Crippen molar-refractivity contribution in [1.82, 2.24) is 9.80 Å². The number of carbonyl (C=O) groups is 3. The number of hydrogen-bond acceptors (Lipinski definition) is 12. The molecule has 0 aromatic heterocycles. The minimum absolute atomic E-state index is 0.0436. The van der Waals surface area contributed by atoms with Crippen molar-refractivity contribution >= 4 is 23.5 Å². The van der Waals surface area contributed by atoms with Gasteiger partial charge in [-0.3, -0.25) is 19.8 Å². The third-order valence-corrected chi connectivity index (χ3v) is 11.6. The molecule has 1 aromatic rings. The molecule has 2 saturated heterocycles. The van der Waals surface area contributed by atoms with E-state index in [2.05, 4.69) is 0 Å². The van der Waals surface area contributed by atoms with E-state index in [-0.39, 0.29) is 36.6 Å². The quantitative estimate of drug-likeness (QED) is 0.203. The fourth-order valence-corrected chi connectivity index (χ4v) is 8.65. The van der Waals surface area contributed by atoms with Gasteiger partial charge in [0.2, 0.25) is 0 Å². The fourth-order valence-electron chi connectivity index (χ4n) is 8.65. The first-order chi connectivity index (χ1) is 24.8. The van der Waals surface area contributed by atoms with Crippen LogP contribution in [0, 0.1) is 27.9 Å². The summed E-state index contributed by atoms with van der Waals surface area (Å²) in [5.74, 6) is -2.58. The second-order valence-corrected chi connectivity index (χ2v) is 15.8. The number of fused-ring (bicyclic) bond motifs is 1. The van der Waals surface area contributed by atoms with Crippen LogP contribution in [-0.2, 0) is 39.7 Å². The molecule has 2 fully saturated rings. The van der Waals surface area contributed by atoms with Crippen molar-refractivity contribution in [3.05, 3.63) is 51.6 Å². The number of aliphatic hydroxyl groups is 1. The largest absolute Gasteiger partial charge is 0.455 e. The number of non-ortho nitro benzene ring substituents is 1. The fraction of sp³-hybridized carbons (Fsp3) is 0.718. The zero-order valence-electron chi connectivity index (χ0n) is 33.1. The number of ether oxygens (including phenoxy) is 5. The maximum atomic E-state index is 14.6. The van der Waals surface area contributed by atoms with Crippen molar-refractivity contribution in [2.75, 3.05) is 27.7 Å². The number of Topliss-reactive ketones (excluding diaryl/α,β-unsaturated/α-hetero) is 1. The highest BCUT2D eigenvalue weighted by Crippen LogP contribution is 2.43. The molecule has 1 unspecified atom stereocenters. The number of hydrogen-bond donors (Lipinski definition) is 1. The first kappa shape index (κ1) is 42.3. The number of benzene rings is 1. The minimum Gasteiger partial charge on any atom is -0.455 e. The van der Waals surface area contributed by atoms with Crippen LogP contribution >= 0.6 is 0 Å². The molecule has 3 aliphatic heterocycles. The zero-order valence-corrected chi connectivity index (χ0v) is 33.1. The topological polar surface area (TPSA) is 167 Å². The number of nitrogens with zero attached hydrogens (tertiary/aromatic N) is 3. The van der Waals surface area contributed by atoms with E-state index in [9.17, 15) is 29.6 Å². The van der Waals surface area contributed by atoms with E-state index >= 15 is 0 Å². The van der Waals surface area contributed by atoms with Gasteiger partial charge in [-0.1, -0.05) is 45.9 Å². The summed E-state index contributed by atoms with van der Waals surface area (Å²) in [6.45, 7) is 14.6. The molecule has 3 aliphatic rings. The maximum absolute atomic E-state index is 14.6. The number of rotatable bonds is 9. The molecule has 4 rings (SSSR count). The number of carbonyl (C=O) groups excluding carboxylic acids is 3. The van der Waals surface area contributed by atoms with Gasteiger partial charge in [0.25, 0.3) is 5.69 Å². The standard InChI is InChI=1S/C39H59N3O11/c1-12-30-39(8)33(41(37(46)53-39)18-17-27-13-15-28(16-14-27)42(47)48)26(6)31(43)24(4)21-38(7,49-11)34(22(2)19-23(3)35(45)51-30)52-36-32(44)29(40(9)10)20-25(5)50-36/h13-16,19,22,24-26,29-30,32-34,36,44H,12,17-18,20-21H2,1-11H3/b23-19+/t22-,24+,25+,26-,29-,30?,32+,33+,34+,36-,38+,39+/m0/s1. The smallest absolute Gasteiger partial charge is 0.410 e. The maximum Gasteiger partial charge on any atom is 0.410 e. The van der Waals surface area contributed by atoms with Crippen LogP contribution in [0.15, 0.2) is 35.9 Å². The van der Waals surface area contributed by atoms with E-state index in [1.807, 2.05) is 53.6 Å². The van der Waals surface area contributed by atoms with Crippen LogP contribution < -0.4 is 0 Å². The molecule has 296 valence electrons. The van der Waals surface area contributed by atoms with Crippen molar-refractivity contribution < 1.29 is 48.1 Å². The predicted molar refractivity (Wildman–Crippen MR) is 196 cm³/mol. The van der Waals surface area contributed by atoms with Crippen LogP contribution in [0.2, 0.25) is 0 Å². The molecular weight excluding hydrogens is 686 g/mol. The molecule has 14 nitrogen and oxygen atoms in total. The van der Waals surface area contributed by atoms with Gasteiger partial charge >= 0.3 is 12.1 Å². The van der Waals surface area contributed by atoms with E-state index in [0.717, 1.165) is 5.56 Å². The van der Waals surface area contributed by atoms with Crippen LogP contribution in [0.3, 0.4) is 0 Å². The molecule has 1 amide bonds. The van der Waals surface area contributed by atoms with E-state index in [4.69, 9.17) is 23.7 Å². The highest BCUT2D eigenvalue weighted by molar-refractivity contribution is 5.88.